The van der Waals surface area contributed by atoms with Crippen LogP contribution in [0.1, 0.15) is 13.3 Å². The van der Waals surface area contributed by atoms with Gasteiger partial charge in [0.15, 0.2) is 0 Å². The second kappa shape index (κ2) is 5.78. The Hall–Kier alpha value is -0.870. The van der Waals surface area contributed by atoms with Crippen LogP contribution in [0.4, 0.5) is 0 Å². The maximum atomic E-state index is 11.2. The molecule has 1 atom stereocenters. The summed E-state index contributed by atoms with van der Waals surface area (Å²) in [7, 11) is 0. The minimum atomic E-state index is -0.169. The molecule has 0 radical (unpaired) electrons. The molecule has 80 valence electrons. The number of hydrogen-bond donors (Lipinski definition) is 2. The van der Waals surface area contributed by atoms with Gasteiger partial charge in [0.05, 0.1) is 13.0 Å². The van der Waals surface area contributed by atoms with E-state index in [2.05, 4.69) is 17.2 Å². The largest absolute Gasteiger partial charge is 0.466 e. The molecule has 0 aliphatic carbocycles. The third-order valence-electron chi connectivity index (χ3n) is 2.21. The Morgan fingerprint density at radius 2 is 2.50 bits per heavy atom. The highest BCUT2D eigenvalue weighted by Gasteiger charge is 2.20. The van der Waals surface area contributed by atoms with Gasteiger partial charge >= 0.3 is 5.97 Å². The van der Waals surface area contributed by atoms with Crippen LogP contribution >= 0.6 is 0 Å². The van der Waals surface area contributed by atoms with Gasteiger partial charge in [-0.2, -0.15) is 0 Å². The Balaban J connectivity index is 2.22. The number of esters is 1. The summed E-state index contributed by atoms with van der Waals surface area (Å²) >= 11 is 0. The predicted molar refractivity (Wildman–Crippen MR) is 55.0 cm³/mol. The van der Waals surface area contributed by atoms with Crippen LogP contribution in [-0.4, -0.2) is 37.7 Å². The quantitative estimate of drug-likeness (QED) is 0.468. The average Bonchev–Trinajstić information content (AvgIpc) is 2.09. The van der Waals surface area contributed by atoms with Crippen molar-refractivity contribution in [2.75, 3.05) is 19.7 Å². The molecule has 1 heterocycles. The van der Waals surface area contributed by atoms with Crippen molar-refractivity contribution >= 4 is 5.97 Å². The van der Waals surface area contributed by atoms with Crippen molar-refractivity contribution < 1.29 is 9.53 Å². The van der Waals surface area contributed by atoms with E-state index in [1.54, 1.807) is 6.08 Å². The van der Waals surface area contributed by atoms with Gasteiger partial charge in [-0.25, -0.2) is 0 Å². The summed E-state index contributed by atoms with van der Waals surface area (Å²) < 4.78 is 4.87. The second-order valence-electron chi connectivity index (χ2n) is 3.37. The molecule has 0 aromatic rings. The van der Waals surface area contributed by atoms with Gasteiger partial charge in [-0.05, 0) is 6.92 Å². The van der Waals surface area contributed by atoms with E-state index in [0.29, 0.717) is 19.1 Å². The van der Waals surface area contributed by atoms with Crippen LogP contribution in [0, 0.1) is 0 Å². The molecule has 0 amide bonds. The zero-order valence-corrected chi connectivity index (χ0v) is 8.58. The fourth-order valence-corrected chi connectivity index (χ4v) is 1.32. The van der Waals surface area contributed by atoms with Crippen LogP contribution in [-0.2, 0) is 9.53 Å². The molecular formula is C10H18N2O2. The van der Waals surface area contributed by atoms with Crippen LogP contribution < -0.4 is 10.6 Å². The summed E-state index contributed by atoms with van der Waals surface area (Å²) in [5, 5.41) is 6.47. The van der Waals surface area contributed by atoms with E-state index in [0.717, 1.165) is 13.1 Å². The Bertz CT molecular complexity index is 202. The van der Waals surface area contributed by atoms with Crippen molar-refractivity contribution in [1.29, 1.82) is 0 Å². The molecule has 0 spiro atoms. The Labute approximate surface area is 84.7 Å². The first kappa shape index (κ1) is 11.2. The van der Waals surface area contributed by atoms with E-state index in [9.17, 15) is 4.79 Å². The first-order valence-electron chi connectivity index (χ1n) is 5.01. The normalized spacial score (nSPS) is 18.4. The summed E-state index contributed by atoms with van der Waals surface area (Å²) in [6, 6.07) is 0.494. The molecule has 1 saturated heterocycles. The van der Waals surface area contributed by atoms with Crippen LogP contribution in [0.5, 0.6) is 0 Å². The van der Waals surface area contributed by atoms with Crippen LogP contribution in [0.15, 0.2) is 12.7 Å². The van der Waals surface area contributed by atoms with Gasteiger partial charge in [-0.15, -0.1) is 6.58 Å². The van der Waals surface area contributed by atoms with Crippen molar-refractivity contribution in [2.45, 2.75) is 25.4 Å². The molecule has 0 bridgehead atoms. The van der Waals surface area contributed by atoms with Gasteiger partial charge in [-0.1, -0.05) is 6.08 Å². The Kier molecular flexibility index (Phi) is 4.62. The van der Waals surface area contributed by atoms with E-state index in [-0.39, 0.29) is 12.0 Å². The Morgan fingerprint density at radius 3 is 2.93 bits per heavy atom. The third-order valence-corrected chi connectivity index (χ3v) is 2.21. The molecule has 0 saturated carbocycles. The topological polar surface area (TPSA) is 50.4 Å². The lowest BCUT2D eigenvalue weighted by molar-refractivity contribution is -0.143. The second-order valence-corrected chi connectivity index (χ2v) is 3.37. The van der Waals surface area contributed by atoms with Crippen molar-refractivity contribution in [1.82, 2.24) is 10.6 Å². The molecule has 4 heteroatoms. The monoisotopic (exact) mass is 198 g/mol. The summed E-state index contributed by atoms with van der Waals surface area (Å²) in [5.41, 5.74) is 0. The smallest absolute Gasteiger partial charge is 0.307 e. The number of rotatable bonds is 6. The van der Waals surface area contributed by atoms with E-state index in [1.165, 1.54) is 0 Å². The fraction of sp³-hybridized carbons (Fsp3) is 0.700. The highest BCUT2D eigenvalue weighted by molar-refractivity contribution is 5.70. The third kappa shape index (κ3) is 3.47. The highest BCUT2D eigenvalue weighted by atomic mass is 16.5. The first-order chi connectivity index (χ1) is 6.76. The zero-order valence-electron chi connectivity index (χ0n) is 8.58. The predicted octanol–water partition coefficient (Wildman–Crippen LogP) is 0.0556. The average molecular weight is 198 g/mol. The van der Waals surface area contributed by atoms with Gasteiger partial charge < -0.3 is 15.4 Å². The lowest BCUT2D eigenvalue weighted by atomic mass is 10.1. The van der Waals surface area contributed by atoms with Crippen molar-refractivity contribution in [3.05, 3.63) is 12.7 Å². The molecule has 4 nitrogen and oxygen atoms in total. The summed E-state index contributed by atoms with van der Waals surface area (Å²) in [6.07, 6.45) is 2.13. The Morgan fingerprint density at radius 1 is 1.79 bits per heavy atom. The van der Waals surface area contributed by atoms with Crippen molar-refractivity contribution in [3.8, 4) is 0 Å². The van der Waals surface area contributed by atoms with E-state index >= 15 is 0 Å². The molecule has 14 heavy (non-hydrogen) atoms. The lowest BCUT2D eigenvalue weighted by Crippen LogP contribution is -2.57. The molecule has 2 N–H and O–H groups in total. The molecular weight excluding hydrogens is 180 g/mol. The molecule has 1 fully saturated rings. The zero-order chi connectivity index (χ0) is 10.4. The fourth-order valence-electron chi connectivity index (χ4n) is 1.32. The van der Waals surface area contributed by atoms with Crippen molar-refractivity contribution in [3.63, 3.8) is 0 Å². The number of ether oxygens (including phenoxy) is 1. The van der Waals surface area contributed by atoms with Gasteiger partial charge in [0.25, 0.3) is 0 Å². The maximum Gasteiger partial charge on any atom is 0.307 e. The number of carbonyl (C=O) groups excluding carboxylic acids is 1. The van der Waals surface area contributed by atoms with E-state index in [1.807, 2.05) is 6.92 Å². The molecule has 0 unspecified atom stereocenters. The SMILES string of the molecule is C=C[C@H](CC(=O)OCC)NC1CNC1. The summed E-state index contributed by atoms with van der Waals surface area (Å²) in [6.45, 7) is 7.87. The van der Waals surface area contributed by atoms with Gasteiger partial charge in [0.2, 0.25) is 0 Å². The minimum Gasteiger partial charge on any atom is -0.466 e. The maximum absolute atomic E-state index is 11.2. The van der Waals surface area contributed by atoms with E-state index < -0.39 is 0 Å². The van der Waals surface area contributed by atoms with E-state index in [4.69, 9.17) is 4.74 Å². The van der Waals surface area contributed by atoms with Crippen LogP contribution in [0.3, 0.4) is 0 Å². The summed E-state index contributed by atoms with van der Waals surface area (Å²) in [4.78, 5) is 11.2. The standard InChI is InChI=1S/C10H18N2O2/c1-3-8(5-10(13)14-4-2)12-9-6-11-7-9/h3,8-9,11-12H,1,4-7H2,2H3/t8-/m1/s1. The highest BCUT2D eigenvalue weighted by Crippen LogP contribution is 2.00. The molecule has 0 aromatic heterocycles. The number of hydrogen-bond acceptors (Lipinski definition) is 4. The van der Waals surface area contributed by atoms with Gasteiger partial charge in [0, 0.05) is 25.2 Å². The van der Waals surface area contributed by atoms with Gasteiger partial charge in [-0.3, -0.25) is 4.79 Å². The first-order valence-corrected chi connectivity index (χ1v) is 5.01. The molecule has 1 rings (SSSR count). The minimum absolute atomic E-state index is 0.0288. The van der Waals surface area contributed by atoms with Gasteiger partial charge in [0.1, 0.15) is 0 Å². The molecule has 1 aliphatic rings. The van der Waals surface area contributed by atoms with Crippen LogP contribution in [0.25, 0.3) is 0 Å². The van der Waals surface area contributed by atoms with Crippen molar-refractivity contribution in [2.24, 2.45) is 0 Å². The number of nitrogens with one attached hydrogen (secondary N) is 2. The summed E-state index contributed by atoms with van der Waals surface area (Å²) in [5.74, 6) is -0.169. The molecule has 1 aliphatic heterocycles. The number of carbonyl (C=O) groups is 1. The van der Waals surface area contributed by atoms with Crippen LogP contribution in [0.2, 0.25) is 0 Å². The molecule has 0 aromatic carbocycles. The lowest BCUT2D eigenvalue weighted by Gasteiger charge is -2.31.